The van der Waals surface area contributed by atoms with Crippen LogP contribution in [0.4, 0.5) is 0 Å². The van der Waals surface area contributed by atoms with Crippen LogP contribution in [0.1, 0.15) is 123 Å². The summed E-state index contributed by atoms with van der Waals surface area (Å²) in [5.74, 6) is -0.441. The van der Waals surface area contributed by atoms with Crippen molar-refractivity contribution < 1.29 is 28.3 Å². The third kappa shape index (κ3) is 20.6. The zero-order valence-electron chi connectivity index (χ0n) is 23.4. The van der Waals surface area contributed by atoms with E-state index in [9.17, 15) is 14.3 Å². The number of hydrogen-bond donors (Lipinski definition) is 1. The van der Waals surface area contributed by atoms with Crippen molar-refractivity contribution in [2.24, 2.45) is 0 Å². The van der Waals surface area contributed by atoms with Crippen molar-refractivity contribution in [1.82, 2.24) is 4.90 Å². The Labute approximate surface area is 221 Å². The van der Waals surface area contributed by atoms with Crippen LogP contribution in [-0.4, -0.2) is 67.5 Å². The third-order valence-electron chi connectivity index (χ3n) is 6.89. The summed E-state index contributed by atoms with van der Waals surface area (Å²) < 4.78 is 28.5. The lowest BCUT2D eigenvalue weighted by Gasteiger charge is -2.21. The molecule has 2 atom stereocenters. The molecule has 214 valence electrons. The van der Waals surface area contributed by atoms with Crippen molar-refractivity contribution >= 4 is 13.6 Å². The van der Waals surface area contributed by atoms with E-state index < -0.39 is 19.7 Å². The first-order valence-corrected chi connectivity index (χ1v) is 16.6. The summed E-state index contributed by atoms with van der Waals surface area (Å²) in [5.41, 5.74) is 0. The second kappa shape index (κ2) is 22.5. The van der Waals surface area contributed by atoms with Crippen LogP contribution in [-0.2, 0) is 23.4 Å². The Bertz CT molecular complexity index is 570. The van der Waals surface area contributed by atoms with E-state index in [4.69, 9.17) is 14.0 Å². The summed E-state index contributed by atoms with van der Waals surface area (Å²) in [6.45, 7) is 6.77. The van der Waals surface area contributed by atoms with Crippen molar-refractivity contribution in [3.63, 3.8) is 0 Å². The molecule has 0 amide bonds. The fourth-order valence-electron chi connectivity index (χ4n) is 4.68. The lowest BCUT2D eigenvalue weighted by molar-refractivity contribution is -0.151. The van der Waals surface area contributed by atoms with Crippen LogP contribution < -0.4 is 0 Å². The Balaban J connectivity index is 1.97. The molecule has 8 heteroatoms. The highest BCUT2D eigenvalue weighted by Gasteiger charge is 2.25. The normalized spacial score (nSPS) is 16.8. The van der Waals surface area contributed by atoms with Crippen LogP contribution >= 0.6 is 7.60 Å². The number of rotatable bonds is 25. The van der Waals surface area contributed by atoms with Crippen LogP contribution in [0.25, 0.3) is 0 Å². The Kier molecular flexibility index (Phi) is 21.0. The van der Waals surface area contributed by atoms with Gasteiger partial charge in [0.05, 0.1) is 19.4 Å². The molecule has 0 aliphatic carbocycles. The number of likely N-dealkylation sites (tertiary alicyclic amines) is 1. The molecule has 0 bridgehead atoms. The van der Waals surface area contributed by atoms with E-state index in [2.05, 4.69) is 11.8 Å². The molecule has 1 N–H and O–H groups in total. The van der Waals surface area contributed by atoms with Gasteiger partial charge in [0.2, 0.25) is 0 Å². The minimum Gasteiger partial charge on any atom is -0.458 e. The lowest BCUT2D eigenvalue weighted by Crippen LogP contribution is -2.28. The Morgan fingerprint density at radius 2 is 1.33 bits per heavy atom. The summed E-state index contributed by atoms with van der Waals surface area (Å²) in [5, 5.41) is 0. The summed E-state index contributed by atoms with van der Waals surface area (Å²) in [7, 11) is -3.71. The summed E-state index contributed by atoms with van der Waals surface area (Å²) in [6.07, 6.45) is 21.5. The minimum atomic E-state index is -3.71. The smallest absolute Gasteiger partial charge is 0.329 e. The second-order valence-electron chi connectivity index (χ2n) is 10.5. The molecule has 0 aromatic heterocycles. The zero-order chi connectivity index (χ0) is 26.3. The monoisotopic (exact) mass is 533 g/mol. The van der Waals surface area contributed by atoms with Crippen LogP contribution in [0.5, 0.6) is 0 Å². The van der Waals surface area contributed by atoms with E-state index in [1.54, 1.807) is 0 Å². The van der Waals surface area contributed by atoms with Crippen molar-refractivity contribution in [2.45, 2.75) is 129 Å². The molecule has 7 nitrogen and oxygen atoms in total. The average Bonchev–Trinajstić information content (AvgIpc) is 3.37. The van der Waals surface area contributed by atoms with E-state index in [1.165, 1.54) is 90.4 Å². The van der Waals surface area contributed by atoms with Crippen LogP contribution in [0, 0.1) is 0 Å². The largest absolute Gasteiger partial charge is 0.458 e. The second-order valence-corrected chi connectivity index (χ2v) is 12.4. The van der Waals surface area contributed by atoms with Gasteiger partial charge in [-0.15, -0.1) is 0 Å². The predicted molar refractivity (Wildman–Crippen MR) is 148 cm³/mol. The van der Waals surface area contributed by atoms with Gasteiger partial charge in [0.15, 0.2) is 0 Å². The molecule has 0 aromatic rings. The maximum absolute atomic E-state index is 12.3. The van der Waals surface area contributed by atoms with Gasteiger partial charge < -0.3 is 23.8 Å². The quantitative estimate of drug-likeness (QED) is 0.0761. The fourth-order valence-corrected chi connectivity index (χ4v) is 5.74. The van der Waals surface area contributed by atoms with Gasteiger partial charge in [-0.1, -0.05) is 96.8 Å². The van der Waals surface area contributed by atoms with Gasteiger partial charge in [-0.05, 0) is 32.4 Å². The van der Waals surface area contributed by atoms with Gasteiger partial charge >= 0.3 is 13.6 Å². The number of hydrogen-bond acceptors (Lipinski definition) is 6. The molecule has 1 fully saturated rings. The number of nitrogens with zero attached hydrogens (tertiary/aromatic N) is 1. The molecule has 36 heavy (non-hydrogen) atoms. The molecule has 1 rings (SSSR count). The first kappa shape index (κ1) is 33.6. The molecule has 1 aliphatic rings. The van der Waals surface area contributed by atoms with Gasteiger partial charge in [-0.2, -0.15) is 0 Å². The number of unbranched alkanes of at least 4 members (excludes halogenated alkanes) is 14. The summed E-state index contributed by atoms with van der Waals surface area (Å²) in [4.78, 5) is 23.7. The first-order chi connectivity index (χ1) is 17.4. The molecule has 1 aliphatic heterocycles. The number of esters is 1. The zero-order valence-corrected chi connectivity index (χ0v) is 24.3. The maximum atomic E-state index is 12.3. The first-order valence-electron chi connectivity index (χ1n) is 14.9. The maximum Gasteiger partial charge on any atom is 0.329 e. The van der Waals surface area contributed by atoms with Gasteiger partial charge in [0, 0.05) is 20.1 Å². The van der Waals surface area contributed by atoms with E-state index in [0.29, 0.717) is 13.2 Å². The van der Waals surface area contributed by atoms with Crippen molar-refractivity contribution in [3.8, 4) is 0 Å². The Morgan fingerprint density at radius 1 is 0.833 bits per heavy atom. The van der Waals surface area contributed by atoms with Crippen LogP contribution in [0.3, 0.4) is 0 Å². The van der Waals surface area contributed by atoms with Crippen molar-refractivity contribution in [3.05, 3.63) is 0 Å². The van der Waals surface area contributed by atoms with E-state index >= 15 is 0 Å². The van der Waals surface area contributed by atoms with E-state index in [-0.39, 0.29) is 19.4 Å². The molecule has 1 heterocycles. The standard InChI is InChI=1S/C28H56NO6P/c1-3-4-5-6-7-8-9-10-11-12-13-14-15-16-19-23-33-25-28(35-27(2)30)26-34-36(31,32)24-22-29-20-17-18-21-29/h28H,3-26H2,1-2H3,(H,31,32). The van der Waals surface area contributed by atoms with Crippen molar-refractivity contribution in [1.29, 1.82) is 0 Å². The number of carbonyl (C=O) groups is 1. The predicted octanol–water partition coefficient (Wildman–Crippen LogP) is 7.10. The molecule has 0 radical (unpaired) electrons. The number of carbonyl (C=O) groups excluding carboxylic acids is 1. The molecule has 1 saturated heterocycles. The van der Waals surface area contributed by atoms with Crippen molar-refractivity contribution in [2.75, 3.05) is 45.6 Å². The van der Waals surface area contributed by atoms with E-state index in [0.717, 1.165) is 38.8 Å². The average molecular weight is 534 g/mol. The van der Waals surface area contributed by atoms with Gasteiger partial charge in [0.25, 0.3) is 0 Å². The molecular weight excluding hydrogens is 477 g/mol. The highest BCUT2D eigenvalue weighted by Crippen LogP contribution is 2.41. The van der Waals surface area contributed by atoms with Gasteiger partial charge in [0.1, 0.15) is 6.10 Å². The van der Waals surface area contributed by atoms with Gasteiger partial charge in [-0.3, -0.25) is 9.36 Å². The molecule has 0 saturated carbocycles. The van der Waals surface area contributed by atoms with E-state index in [1.807, 2.05) is 0 Å². The SMILES string of the molecule is CCCCCCCCCCCCCCCCCOCC(COP(=O)(O)CCN1CCCC1)OC(C)=O. The summed E-state index contributed by atoms with van der Waals surface area (Å²) >= 11 is 0. The van der Waals surface area contributed by atoms with Crippen LogP contribution in [0.2, 0.25) is 0 Å². The number of ether oxygens (including phenoxy) is 2. The van der Waals surface area contributed by atoms with Gasteiger partial charge in [-0.25, -0.2) is 0 Å². The molecular formula is C28H56NO6P. The lowest BCUT2D eigenvalue weighted by atomic mass is 10.0. The molecule has 2 unspecified atom stereocenters. The Hall–Kier alpha value is -0.460. The highest BCUT2D eigenvalue weighted by molar-refractivity contribution is 7.52. The fraction of sp³-hybridized carbons (Fsp3) is 0.964. The molecule has 0 spiro atoms. The summed E-state index contributed by atoms with van der Waals surface area (Å²) in [6, 6.07) is 0. The topological polar surface area (TPSA) is 85.3 Å². The third-order valence-corrected chi connectivity index (χ3v) is 8.21. The molecule has 0 aromatic carbocycles. The van der Waals surface area contributed by atoms with Crippen LogP contribution in [0.15, 0.2) is 0 Å². The highest BCUT2D eigenvalue weighted by atomic mass is 31.2. The Morgan fingerprint density at radius 3 is 1.83 bits per heavy atom. The minimum absolute atomic E-state index is 0.0970.